The van der Waals surface area contributed by atoms with Crippen LogP contribution in [0.3, 0.4) is 0 Å². The molecular formula is C12H16N4S. The predicted molar refractivity (Wildman–Crippen MR) is 69.9 cm³/mol. The SMILES string of the molecule is CSC1CCC(Nc2nccc(C#N)n2)CC1. The minimum absolute atomic E-state index is 0.417. The first-order valence-corrected chi connectivity index (χ1v) is 7.13. The summed E-state index contributed by atoms with van der Waals surface area (Å²) in [4.78, 5) is 8.28. The number of nitrogens with zero attached hydrogens (tertiary/aromatic N) is 3. The summed E-state index contributed by atoms with van der Waals surface area (Å²) in [5.74, 6) is 0.580. The Bertz CT molecular complexity index is 407. The van der Waals surface area contributed by atoms with E-state index in [4.69, 9.17) is 5.26 Å². The minimum Gasteiger partial charge on any atom is -0.351 e. The molecule has 0 bridgehead atoms. The van der Waals surface area contributed by atoms with Crippen LogP contribution >= 0.6 is 11.8 Å². The second-order valence-corrected chi connectivity index (χ2v) is 5.37. The van der Waals surface area contributed by atoms with Gasteiger partial charge in [-0.25, -0.2) is 9.97 Å². The van der Waals surface area contributed by atoms with E-state index in [9.17, 15) is 0 Å². The van der Waals surface area contributed by atoms with Crippen molar-refractivity contribution in [3.63, 3.8) is 0 Å². The van der Waals surface area contributed by atoms with E-state index in [0.29, 0.717) is 17.7 Å². The molecule has 0 amide bonds. The van der Waals surface area contributed by atoms with E-state index < -0.39 is 0 Å². The summed E-state index contributed by atoms with van der Waals surface area (Å²) in [6.45, 7) is 0. The molecule has 0 aromatic carbocycles. The molecule has 1 saturated carbocycles. The first-order valence-electron chi connectivity index (χ1n) is 5.84. The van der Waals surface area contributed by atoms with Crippen molar-refractivity contribution in [3.05, 3.63) is 18.0 Å². The molecule has 1 aromatic rings. The summed E-state index contributed by atoms with van der Waals surface area (Å²) in [5, 5.41) is 12.9. The molecule has 0 spiro atoms. The van der Waals surface area contributed by atoms with Gasteiger partial charge in [-0.1, -0.05) is 0 Å². The summed E-state index contributed by atoms with van der Waals surface area (Å²) in [5.41, 5.74) is 0.417. The van der Waals surface area contributed by atoms with Gasteiger partial charge in [0.25, 0.3) is 0 Å². The third kappa shape index (κ3) is 3.34. The first-order chi connectivity index (χ1) is 8.31. The van der Waals surface area contributed by atoms with Gasteiger partial charge in [0.2, 0.25) is 5.95 Å². The molecule has 0 saturated heterocycles. The number of rotatable bonds is 3. The van der Waals surface area contributed by atoms with Crippen molar-refractivity contribution < 1.29 is 0 Å². The van der Waals surface area contributed by atoms with Crippen LogP contribution in [0, 0.1) is 11.3 Å². The average molecular weight is 248 g/mol. The third-order valence-electron chi connectivity index (χ3n) is 3.11. The monoisotopic (exact) mass is 248 g/mol. The van der Waals surface area contributed by atoms with Crippen molar-refractivity contribution in [2.45, 2.75) is 37.0 Å². The highest BCUT2D eigenvalue weighted by molar-refractivity contribution is 7.99. The van der Waals surface area contributed by atoms with E-state index in [2.05, 4.69) is 21.5 Å². The summed E-state index contributed by atoms with van der Waals surface area (Å²) in [6.07, 6.45) is 8.62. The molecule has 1 N–H and O–H groups in total. The summed E-state index contributed by atoms with van der Waals surface area (Å²) < 4.78 is 0. The van der Waals surface area contributed by atoms with Crippen LogP contribution in [0.25, 0.3) is 0 Å². The molecule has 1 aliphatic rings. The number of aromatic nitrogens is 2. The molecule has 0 atom stereocenters. The van der Waals surface area contributed by atoms with Crippen molar-refractivity contribution in [1.82, 2.24) is 9.97 Å². The standard InChI is InChI=1S/C12H16N4S/c1-17-11-4-2-9(3-5-11)15-12-14-7-6-10(8-13)16-12/h6-7,9,11H,2-5H2,1H3,(H,14,15,16). The fourth-order valence-electron chi connectivity index (χ4n) is 2.12. The van der Waals surface area contributed by atoms with E-state index in [0.717, 1.165) is 18.1 Å². The van der Waals surface area contributed by atoms with Gasteiger partial charge in [-0.15, -0.1) is 0 Å². The lowest BCUT2D eigenvalue weighted by Gasteiger charge is -2.27. The number of nitrogens with one attached hydrogen (secondary N) is 1. The van der Waals surface area contributed by atoms with Crippen molar-refractivity contribution >= 4 is 17.7 Å². The highest BCUT2D eigenvalue weighted by atomic mass is 32.2. The quantitative estimate of drug-likeness (QED) is 0.890. The van der Waals surface area contributed by atoms with Gasteiger partial charge < -0.3 is 5.32 Å². The van der Waals surface area contributed by atoms with Crippen molar-refractivity contribution in [2.75, 3.05) is 11.6 Å². The van der Waals surface area contributed by atoms with E-state index in [1.54, 1.807) is 12.3 Å². The average Bonchev–Trinajstić information content (AvgIpc) is 2.40. The van der Waals surface area contributed by atoms with Gasteiger partial charge in [-0.3, -0.25) is 0 Å². The van der Waals surface area contributed by atoms with Gasteiger partial charge in [0.05, 0.1) is 0 Å². The normalized spacial score (nSPS) is 24.0. The van der Waals surface area contributed by atoms with Crippen LogP contribution in [0.15, 0.2) is 12.3 Å². The highest BCUT2D eigenvalue weighted by Gasteiger charge is 2.20. The second kappa shape index (κ2) is 5.87. The number of anilines is 1. The molecule has 0 radical (unpaired) electrons. The van der Waals surface area contributed by atoms with Gasteiger partial charge in [0.15, 0.2) is 0 Å². The second-order valence-electron chi connectivity index (χ2n) is 4.23. The van der Waals surface area contributed by atoms with Crippen molar-refractivity contribution in [3.8, 4) is 6.07 Å². The van der Waals surface area contributed by atoms with E-state index in [-0.39, 0.29) is 0 Å². The summed E-state index contributed by atoms with van der Waals surface area (Å²) >= 11 is 1.96. The van der Waals surface area contributed by atoms with E-state index in [1.807, 2.05) is 17.8 Å². The topological polar surface area (TPSA) is 61.6 Å². The Hall–Kier alpha value is -1.28. The van der Waals surface area contributed by atoms with Gasteiger partial charge in [-0.05, 0) is 38.0 Å². The molecule has 17 heavy (non-hydrogen) atoms. The molecule has 0 unspecified atom stereocenters. The fraction of sp³-hybridized carbons (Fsp3) is 0.583. The summed E-state index contributed by atoms with van der Waals surface area (Å²) in [6, 6.07) is 4.10. The van der Waals surface area contributed by atoms with E-state index >= 15 is 0 Å². The molecule has 0 aliphatic heterocycles. The molecule has 1 heterocycles. The molecule has 5 heteroatoms. The molecular weight excluding hydrogens is 232 g/mol. The van der Waals surface area contributed by atoms with Crippen LogP contribution in [0.4, 0.5) is 5.95 Å². The molecule has 1 fully saturated rings. The lowest BCUT2D eigenvalue weighted by Crippen LogP contribution is -2.27. The van der Waals surface area contributed by atoms with Crippen molar-refractivity contribution in [1.29, 1.82) is 5.26 Å². The Morgan fingerprint density at radius 2 is 2.18 bits per heavy atom. The Kier molecular flexibility index (Phi) is 4.21. The van der Waals surface area contributed by atoms with Crippen LogP contribution in [0.5, 0.6) is 0 Å². The van der Waals surface area contributed by atoms with Crippen LogP contribution < -0.4 is 5.32 Å². The molecule has 4 nitrogen and oxygen atoms in total. The maximum absolute atomic E-state index is 8.76. The predicted octanol–water partition coefficient (Wildman–Crippen LogP) is 2.43. The largest absolute Gasteiger partial charge is 0.351 e. The highest BCUT2D eigenvalue weighted by Crippen LogP contribution is 2.27. The van der Waals surface area contributed by atoms with Crippen LogP contribution in [-0.2, 0) is 0 Å². The van der Waals surface area contributed by atoms with Gasteiger partial charge in [0, 0.05) is 17.5 Å². The van der Waals surface area contributed by atoms with Gasteiger partial charge >= 0.3 is 0 Å². The zero-order valence-corrected chi connectivity index (χ0v) is 10.7. The van der Waals surface area contributed by atoms with Crippen LogP contribution in [0.2, 0.25) is 0 Å². The lowest BCUT2D eigenvalue weighted by atomic mass is 9.95. The number of thioether (sulfide) groups is 1. The van der Waals surface area contributed by atoms with E-state index in [1.165, 1.54) is 12.8 Å². The Labute approximate surface area is 106 Å². The molecule has 90 valence electrons. The van der Waals surface area contributed by atoms with Crippen molar-refractivity contribution in [2.24, 2.45) is 0 Å². The smallest absolute Gasteiger partial charge is 0.224 e. The number of hydrogen-bond acceptors (Lipinski definition) is 5. The molecule has 1 aliphatic carbocycles. The first kappa shape index (κ1) is 12.2. The third-order valence-corrected chi connectivity index (χ3v) is 4.25. The Balaban J connectivity index is 1.91. The Morgan fingerprint density at radius 3 is 2.82 bits per heavy atom. The zero-order valence-electron chi connectivity index (χ0n) is 9.89. The maximum Gasteiger partial charge on any atom is 0.224 e. The maximum atomic E-state index is 8.76. The minimum atomic E-state index is 0.417. The number of nitriles is 1. The molecule has 1 aromatic heterocycles. The Morgan fingerprint density at radius 1 is 1.41 bits per heavy atom. The fourth-order valence-corrected chi connectivity index (χ4v) is 2.86. The lowest BCUT2D eigenvalue weighted by molar-refractivity contribution is 0.471. The number of hydrogen-bond donors (Lipinski definition) is 1. The van der Waals surface area contributed by atoms with Crippen LogP contribution in [-0.4, -0.2) is 27.5 Å². The zero-order chi connectivity index (χ0) is 12.1. The van der Waals surface area contributed by atoms with Gasteiger partial charge in [0.1, 0.15) is 11.8 Å². The summed E-state index contributed by atoms with van der Waals surface area (Å²) in [7, 11) is 0. The van der Waals surface area contributed by atoms with Gasteiger partial charge in [-0.2, -0.15) is 17.0 Å². The molecule has 2 rings (SSSR count). The van der Waals surface area contributed by atoms with Crippen LogP contribution in [0.1, 0.15) is 31.4 Å².